The molecule has 170 valence electrons. The van der Waals surface area contributed by atoms with Gasteiger partial charge in [0.15, 0.2) is 5.78 Å². The maximum Gasteiger partial charge on any atom is 0.163 e. The summed E-state index contributed by atoms with van der Waals surface area (Å²) in [6, 6.07) is 19.2. The van der Waals surface area contributed by atoms with Gasteiger partial charge in [-0.1, -0.05) is 36.4 Å². The summed E-state index contributed by atoms with van der Waals surface area (Å²) in [7, 11) is 0. The fourth-order valence-electron chi connectivity index (χ4n) is 5.62. The molecule has 1 atom stereocenters. The van der Waals surface area contributed by atoms with Crippen molar-refractivity contribution in [1.29, 1.82) is 0 Å². The van der Waals surface area contributed by atoms with Crippen molar-refractivity contribution in [2.24, 2.45) is 10.9 Å². The molecule has 1 aromatic heterocycles. The second-order valence-electron chi connectivity index (χ2n) is 9.82. The minimum Gasteiger partial charge on any atom is -0.298 e. The van der Waals surface area contributed by atoms with Crippen LogP contribution in [0.15, 0.2) is 71.4 Å². The van der Waals surface area contributed by atoms with Crippen LogP contribution >= 0.6 is 0 Å². The predicted octanol–water partition coefficient (Wildman–Crippen LogP) is 5.16. The fourth-order valence-corrected chi connectivity index (χ4v) is 5.62. The van der Waals surface area contributed by atoms with E-state index >= 15 is 0 Å². The first kappa shape index (κ1) is 21.2. The van der Waals surface area contributed by atoms with Gasteiger partial charge in [0.05, 0.1) is 12.3 Å². The average Bonchev–Trinajstić information content (AvgIpc) is 3.26. The lowest BCUT2D eigenvalue weighted by molar-refractivity contribution is -0.115. The molecule has 34 heavy (non-hydrogen) atoms. The van der Waals surface area contributed by atoms with E-state index < -0.39 is 0 Å². The summed E-state index contributed by atoms with van der Waals surface area (Å²) in [4.78, 5) is 25.0. The average molecular weight is 448 g/mol. The number of piperidine rings is 1. The standard InChI is InChI=1S/C30H29N3O/c1-20-9-10-22(16-31-20)30-28-14-25-13-27(29(34)15-24(25)12-26(28)17-32-30)23-8-5-11-33(19-23)18-21-6-3-2-4-7-21/h2-4,6-7,9-10,12-14,16,23H,5,8,11,15,17-19H2,1H3. The maximum atomic E-state index is 13.2. The lowest BCUT2D eigenvalue weighted by Gasteiger charge is -2.34. The number of carbonyl (C=O) groups excluding carboxylic acids is 1. The van der Waals surface area contributed by atoms with Crippen molar-refractivity contribution in [2.45, 2.75) is 39.3 Å². The van der Waals surface area contributed by atoms with E-state index in [1.165, 1.54) is 22.3 Å². The molecule has 1 aliphatic carbocycles. The van der Waals surface area contributed by atoms with Crippen LogP contribution in [-0.4, -0.2) is 34.5 Å². The maximum absolute atomic E-state index is 13.2. The molecule has 0 spiro atoms. The Kier molecular flexibility index (Phi) is 5.46. The summed E-state index contributed by atoms with van der Waals surface area (Å²) in [5.74, 6) is 0.599. The Hall–Kier alpha value is -3.37. The molecule has 2 aromatic carbocycles. The number of benzene rings is 2. The minimum atomic E-state index is 0.292. The van der Waals surface area contributed by atoms with Gasteiger partial charge in [-0.15, -0.1) is 0 Å². The molecule has 0 bridgehead atoms. The van der Waals surface area contributed by atoms with E-state index in [1.54, 1.807) is 0 Å². The highest BCUT2D eigenvalue weighted by atomic mass is 16.1. The summed E-state index contributed by atoms with van der Waals surface area (Å²) in [5, 5.41) is 0. The largest absolute Gasteiger partial charge is 0.298 e. The van der Waals surface area contributed by atoms with Crippen molar-refractivity contribution in [3.63, 3.8) is 0 Å². The third-order valence-corrected chi connectivity index (χ3v) is 7.39. The van der Waals surface area contributed by atoms with Gasteiger partial charge in [0.25, 0.3) is 0 Å². The normalized spacial score (nSPS) is 19.9. The van der Waals surface area contributed by atoms with Crippen molar-refractivity contribution >= 4 is 17.6 Å². The number of ketones is 1. The third-order valence-electron chi connectivity index (χ3n) is 7.39. The van der Waals surface area contributed by atoms with Crippen LogP contribution in [-0.2, 0) is 24.3 Å². The second-order valence-corrected chi connectivity index (χ2v) is 9.82. The monoisotopic (exact) mass is 447 g/mol. The zero-order valence-corrected chi connectivity index (χ0v) is 19.6. The molecule has 3 heterocycles. The molecular weight excluding hydrogens is 418 g/mol. The second kappa shape index (κ2) is 8.77. The van der Waals surface area contributed by atoms with E-state index in [0.29, 0.717) is 24.7 Å². The summed E-state index contributed by atoms with van der Waals surface area (Å²) >= 11 is 0. The van der Waals surface area contributed by atoms with Crippen molar-refractivity contribution < 1.29 is 4.79 Å². The smallest absolute Gasteiger partial charge is 0.163 e. The SMILES string of the molecule is Cc1ccc(C2=NCc3cc4c(cc32)C=C(C2CCCN(Cc3ccccc3)C2)C(=O)C4)cn1. The number of aliphatic imine (C=N–C) groups is 1. The van der Waals surface area contributed by atoms with Crippen molar-refractivity contribution in [1.82, 2.24) is 9.88 Å². The number of nitrogens with zero attached hydrogens (tertiary/aromatic N) is 3. The molecule has 4 nitrogen and oxygen atoms in total. The van der Waals surface area contributed by atoms with Crippen molar-refractivity contribution in [2.75, 3.05) is 13.1 Å². The van der Waals surface area contributed by atoms with E-state index in [2.05, 4.69) is 64.5 Å². The van der Waals surface area contributed by atoms with Gasteiger partial charge >= 0.3 is 0 Å². The quantitative estimate of drug-likeness (QED) is 0.555. The fraction of sp³-hybridized carbons (Fsp3) is 0.300. The Bertz CT molecular complexity index is 1300. The van der Waals surface area contributed by atoms with Crippen LogP contribution in [0, 0.1) is 12.8 Å². The summed E-state index contributed by atoms with van der Waals surface area (Å²) in [5.41, 5.74) is 10.2. The number of carbonyl (C=O) groups is 1. The molecule has 0 N–H and O–H groups in total. The van der Waals surface area contributed by atoms with E-state index in [9.17, 15) is 4.79 Å². The van der Waals surface area contributed by atoms with Crippen LogP contribution in [0.25, 0.3) is 6.08 Å². The highest BCUT2D eigenvalue weighted by Gasteiger charge is 2.30. The number of hydrogen-bond acceptors (Lipinski definition) is 4. The van der Waals surface area contributed by atoms with Crippen LogP contribution in [0.1, 0.15) is 51.9 Å². The van der Waals surface area contributed by atoms with Gasteiger partial charge < -0.3 is 0 Å². The van der Waals surface area contributed by atoms with Gasteiger partial charge in [-0.05, 0) is 72.8 Å². The number of rotatable bonds is 4. The van der Waals surface area contributed by atoms with Gasteiger partial charge in [0.1, 0.15) is 0 Å². The zero-order valence-electron chi connectivity index (χ0n) is 19.6. The van der Waals surface area contributed by atoms with E-state index in [0.717, 1.165) is 60.6 Å². The molecule has 0 radical (unpaired) electrons. The molecule has 3 aromatic rings. The number of hydrogen-bond donors (Lipinski definition) is 0. The molecule has 4 heteroatoms. The third kappa shape index (κ3) is 4.03. The Morgan fingerprint density at radius 2 is 1.94 bits per heavy atom. The van der Waals surface area contributed by atoms with E-state index in [4.69, 9.17) is 4.99 Å². The number of fused-ring (bicyclic) bond motifs is 2. The van der Waals surface area contributed by atoms with Gasteiger partial charge in [-0.2, -0.15) is 0 Å². The van der Waals surface area contributed by atoms with Crippen LogP contribution in [0.3, 0.4) is 0 Å². The number of Topliss-reactive ketones (excluding diaryl/α,β-unsaturated/α-hetero) is 1. The van der Waals surface area contributed by atoms with Gasteiger partial charge in [-0.25, -0.2) is 0 Å². The molecule has 0 amide bonds. The lowest BCUT2D eigenvalue weighted by atomic mass is 9.80. The number of pyridine rings is 1. The van der Waals surface area contributed by atoms with E-state index in [-0.39, 0.29) is 0 Å². The molecule has 0 saturated carbocycles. The lowest BCUT2D eigenvalue weighted by Crippen LogP contribution is -2.37. The summed E-state index contributed by atoms with van der Waals surface area (Å²) < 4.78 is 0. The molecule has 1 unspecified atom stereocenters. The summed E-state index contributed by atoms with van der Waals surface area (Å²) in [6.45, 7) is 5.68. The molecule has 1 saturated heterocycles. The first-order valence-electron chi connectivity index (χ1n) is 12.3. The summed E-state index contributed by atoms with van der Waals surface area (Å²) in [6.07, 6.45) is 6.82. The zero-order chi connectivity index (χ0) is 23.1. The highest BCUT2D eigenvalue weighted by molar-refractivity contribution is 6.15. The Balaban J connectivity index is 1.27. The van der Waals surface area contributed by atoms with Crippen LogP contribution < -0.4 is 0 Å². The van der Waals surface area contributed by atoms with Crippen LogP contribution in [0.2, 0.25) is 0 Å². The minimum absolute atomic E-state index is 0.292. The van der Waals surface area contributed by atoms with Gasteiger partial charge in [0.2, 0.25) is 0 Å². The van der Waals surface area contributed by atoms with Crippen molar-refractivity contribution in [3.05, 3.63) is 105 Å². The van der Waals surface area contributed by atoms with Crippen molar-refractivity contribution in [3.8, 4) is 0 Å². The Labute approximate surface area is 201 Å². The number of aromatic nitrogens is 1. The number of likely N-dealkylation sites (tertiary alicyclic amines) is 1. The number of aryl methyl sites for hydroxylation is 1. The molecule has 6 rings (SSSR count). The van der Waals surface area contributed by atoms with Crippen LogP contribution in [0.4, 0.5) is 0 Å². The molecule has 2 aliphatic heterocycles. The first-order valence-corrected chi connectivity index (χ1v) is 12.3. The first-order chi connectivity index (χ1) is 16.6. The van der Waals surface area contributed by atoms with Gasteiger partial charge in [-0.3, -0.25) is 19.7 Å². The molecular formula is C30H29N3O. The Morgan fingerprint density at radius 1 is 1.06 bits per heavy atom. The van der Waals surface area contributed by atoms with Gasteiger partial charge in [0, 0.05) is 54.0 Å². The Morgan fingerprint density at radius 3 is 2.76 bits per heavy atom. The van der Waals surface area contributed by atoms with Crippen LogP contribution in [0.5, 0.6) is 0 Å². The van der Waals surface area contributed by atoms with E-state index in [1.807, 2.05) is 19.2 Å². The topological polar surface area (TPSA) is 45.6 Å². The predicted molar refractivity (Wildman–Crippen MR) is 136 cm³/mol. The molecule has 1 fully saturated rings. The highest BCUT2D eigenvalue weighted by Crippen LogP contribution is 2.35. The molecule has 3 aliphatic rings.